The number of carbonyl (C=O) groups excluding carboxylic acids is 1. The summed E-state index contributed by atoms with van der Waals surface area (Å²) in [6.07, 6.45) is 7.17. The van der Waals surface area contributed by atoms with Crippen molar-refractivity contribution in [2.45, 2.75) is 44.9 Å². The number of hydrogen-bond donors (Lipinski definition) is 0. The largest absolute Gasteiger partial charge is 0.496 e. The molecule has 1 fully saturated rings. The first-order valence-electron chi connectivity index (χ1n) is 7.55. The molecule has 1 aromatic rings. The maximum absolute atomic E-state index is 11.5. The molecule has 2 heteroatoms. The van der Waals surface area contributed by atoms with Gasteiger partial charge in [0, 0.05) is 6.42 Å². The molecule has 0 bridgehead atoms. The van der Waals surface area contributed by atoms with Crippen LogP contribution in [0.5, 0.6) is 5.75 Å². The molecule has 20 heavy (non-hydrogen) atoms. The summed E-state index contributed by atoms with van der Waals surface area (Å²) in [5, 5.41) is 0. The molecule has 2 aliphatic carbocycles. The highest BCUT2D eigenvalue weighted by Crippen LogP contribution is 2.43. The second-order valence-corrected chi connectivity index (χ2v) is 6.12. The molecule has 1 aromatic carbocycles. The predicted molar refractivity (Wildman–Crippen MR) is 80.1 cm³/mol. The highest BCUT2D eigenvalue weighted by molar-refractivity contribution is 5.91. The van der Waals surface area contributed by atoms with Crippen LogP contribution in [-0.2, 0) is 4.79 Å². The highest BCUT2D eigenvalue weighted by Gasteiger charge is 2.29. The Labute approximate surface area is 120 Å². The zero-order valence-electron chi connectivity index (χ0n) is 12.3. The fraction of sp³-hybridized carbons (Fsp3) is 0.500. The van der Waals surface area contributed by atoms with E-state index in [2.05, 4.69) is 25.1 Å². The van der Waals surface area contributed by atoms with Crippen molar-refractivity contribution in [3.8, 4) is 5.75 Å². The van der Waals surface area contributed by atoms with Crippen molar-refractivity contribution in [3.05, 3.63) is 41.0 Å². The lowest BCUT2D eigenvalue weighted by atomic mass is 9.71. The normalized spacial score (nSPS) is 25.9. The van der Waals surface area contributed by atoms with E-state index in [1.807, 2.05) is 6.08 Å². The lowest BCUT2D eigenvalue weighted by Gasteiger charge is -2.34. The van der Waals surface area contributed by atoms with Crippen LogP contribution < -0.4 is 4.74 Å². The first-order chi connectivity index (χ1) is 9.67. The summed E-state index contributed by atoms with van der Waals surface area (Å²) in [6.45, 7) is 2.11. The molecule has 3 rings (SSSR count). The predicted octanol–water partition coefficient (Wildman–Crippen LogP) is 4.18. The van der Waals surface area contributed by atoms with Gasteiger partial charge in [0.15, 0.2) is 5.78 Å². The Bertz CT molecular complexity index is 557. The Morgan fingerprint density at radius 3 is 2.70 bits per heavy atom. The number of ketones is 1. The zero-order valence-corrected chi connectivity index (χ0v) is 12.3. The van der Waals surface area contributed by atoms with Crippen molar-refractivity contribution in [1.29, 1.82) is 0 Å². The molecule has 0 aliphatic heterocycles. The van der Waals surface area contributed by atoms with Crippen LogP contribution in [0.3, 0.4) is 0 Å². The molecular weight excluding hydrogens is 248 g/mol. The monoisotopic (exact) mass is 270 g/mol. The SMILES string of the molecule is COc1ccc([C@@H]2CCC3=CC(=O)CC[C@H]3C2)cc1C. The van der Waals surface area contributed by atoms with Gasteiger partial charge in [-0.15, -0.1) is 0 Å². The number of rotatable bonds is 2. The van der Waals surface area contributed by atoms with Crippen LogP contribution in [0.4, 0.5) is 0 Å². The minimum Gasteiger partial charge on any atom is -0.496 e. The van der Waals surface area contributed by atoms with Crippen LogP contribution in [0, 0.1) is 12.8 Å². The number of carbonyl (C=O) groups is 1. The van der Waals surface area contributed by atoms with Crippen LogP contribution >= 0.6 is 0 Å². The third kappa shape index (κ3) is 2.52. The fourth-order valence-electron chi connectivity index (χ4n) is 3.70. The van der Waals surface area contributed by atoms with E-state index in [0.29, 0.717) is 17.6 Å². The fourth-order valence-corrected chi connectivity index (χ4v) is 3.70. The van der Waals surface area contributed by atoms with Crippen LogP contribution in [0.15, 0.2) is 29.8 Å². The van der Waals surface area contributed by atoms with Crippen molar-refractivity contribution >= 4 is 5.78 Å². The topological polar surface area (TPSA) is 26.3 Å². The van der Waals surface area contributed by atoms with Gasteiger partial charge in [0.1, 0.15) is 5.75 Å². The minimum absolute atomic E-state index is 0.329. The quantitative estimate of drug-likeness (QED) is 0.806. The van der Waals surface area contributed by atoms with Gasteiger partial charge in [0.05, 0.1) is 7.11 Å². The van der Waals surface area contributed by atoms with Gasteiger partial charge in [-0.1, -0.05) is 17.7 Å². The molecule has 0 aromatic heterocycles. The Hall–Kier alpha value is -1.57. The maximum Gasteiger partial charge on any atom is 0.155 e. The van der Waals surface area contributed by atoms with Gasteiger partial charge in [0.2, 0.25) is 0 Å². The van der Waals surface area contributed by atoms with Crippen molar-refractivity contribution in [3.63, 3.8) is 0 Å². The third-order valence-corrected chi connectivity index (χ3v) is 4.85. The van der Waals surface area contributed by atoms with E-state index in [1.54, 1.807) is 7.11 Å². The van der Waals surface area contributed by atoms with Crippen molar-refractivity contribution in [2.75, 3.05) is 7.11 Å². The van der Waals surface area contributed by atoms with Crippen LogP contribution in [0.2, 0.25) is 0 Å². The summed E-state index contributed by atoms with van der Waals surface area (Å²) in [5.74, 6) is 2.56. The summed E-state index contributed by atoms with van der Waals surface area (Å²) < 4.78 is 5.34. The van der Waals surface area contributed by atoms with E-state index in [1.165, 1.54) is 29.5 Å². The second kappa shape index (κ2) is 5.43. The smallest absolute Gasteiger partial charge is 0.155 e. The Morgan fingerprint density at radius 1 is 1.15 bits per heavy atom. The molecule has 0 unspecified atom stereocenters. The number of fused-ring (bicyclic) bond motifs is 1. The van der Waals surface area contributed by atoms with Gasteiger partial charge < -0.3 is 4.74 Å². The molecule has 106 valence electrons. The van der Waals surface area contributed by atoms with Gasteiger partial charge >= 0.3 is 0 Å². The van der Waals surface area contributed by atoms with Gasteiger partial charge in [-0.3, -0.25) is 4.79 Å². The van der Waals surface area contributed by atoms with E-state index >= 15 is 0 Å². The Morgan fingerprint density at radius 2 is 1.95 bits per heavy atom. The molecule has 2 nitrogen and oxygen atoms in total. The summed E-state index contributed by atoms with van der Waals surface area (Å²) in [6, 6.07) is 6.56. The third-order valence-electron chi connectivity index (χ3n) is 4.85. The van der Waals surface area contributed by atoms with Crippen molar-refractivity contribution in [1.82, 2.24) is 0 Å². The van der Waals surface area contributed by atoms with E-state index in [9.17, 15) is 4.79 Å². The van der Waals surface area contributed by atoms with Crippen molar-refractivity contribution < 1.29 is 9.53 Å². The van der Waals surface area contributed by atoms with Gasteiger partial charge in [-0.05, 0) is 67.7 Å². The molecule has 0 saturated heterocycles. The standard InChI is InChI=1S/C18H22O2/c1-12-9-13(6-8-18(12)20-2)14-3-4-16-11-17(19)7-5-15(16)10-14/h6,8-9,11,14-15H,3-5,7,10H2,1-2H3/t14-,15+/m1/s1. The molecule has 0 N–H and O–H groups in total. The summed E-state index contributed by atoms with van der Waals surface area (Å²) in [4.78, 5) is 11.5. The van der Waals surface area contributed by atoms with Gasteiger partial charge in [-0.2, -0.15) is 0 Å². The number of methoxy groups -OCH3 is 1. The number of benzene rings is 1. The molecule has 0 spiro atoms. The molecule has 0 radical (unpaired) electrons. The molecule has 2 atom stereocenters. The van der Waals surface area contributed by atoms with Crippen LogP contribution in [0.1, 0.15) is 49.1 Å². The minimum atomic E-state index is 0.329. The Balaban J connectivity index is 1.78. The molecule has 0 heterocycles. The van der Waals surface area contributed by atoms with E-state index < -0.39 is 0 Å². The second-order valence-electron chi connectivity index (χ2n) is 6.12. The van der Waals surface area contributed by atoms with E-state index in [4.69, 9.17) is 4.74 Å². The number of ether oxygens (including phenoxy) is 1. The van der Waals surface area contributed by atoms with E-state index in [0.717, 1.165) is 25.0 Å². The van der Waals surface area contributed by atoms with Crippen LogP contribution in [0.25, 0.3) is 0 Å². The average Bonchev–Trinajstić information content (AvgIpc) is 2.46. The molecule has 0 amide bonds. The molecule has 1 saturated carbocycles. The number of allylic oxidation sites excluding steroid dienone is 2. The van der Waals surface area contributed by atoms with Gasteiger partial charge in [0.25, 0.3) is 0 Å². The molecule has 2 aliphatic rings. The first kappa shape index (κ1) is 13.4. The highest BCUT2D eigenvalue weighted by atomic mass is 16.5. The van der Waals surface area contributed by atoms with E-state index in [-0.39, 0.29) is 0 Å². The first-order valence-corrected chi connectivity index (χ1v) is 7.55. The summed E-state index contributed by atoms with van der Waals surface area (Å²) in [5.41, 5.74) is 4.05. The summed E-state index contributed by atoms with van der Waals surface area (Å²) in [7, 11) is 1.72. The summed E-state index contributed by atoms with van der Waals surface area (Å²) >= 11 is 0. The van der Waals surface area contributed by atoms with Gasteiger partial charge in [-0.25, -0.2) is 0 Å². The zero-order chi connectivity index (χ0) is 14.1. The van der Waals surface area contributed by atoms with Crippen molar-refractivity contribution in [2.24, 2.45) is 5.92 Å². The number of aryl methyl sites for hydroxylation is 1. The average molecular weight is 270 g/mol. The Kier molecular flexibility index (Phi) is 3.64. The molecular formula is C18H22O2. The van der Waals surface area contributed by atoms with Crippen LogP contribution in [-0.4, -0.2) is 12.9 Å². The lowest BCUT2D eigenvalue weighted by molar-refractivity contribution is -0.115. The maximum atomic E-state index is 11.5. The lowest BCUT2D eigenvalue weighted by Crippen LogP contribution is -2.22. The number of hydrogen-bond acceptors (Lipinski definition) is 2.